The van der Waals surface area contributed by atoms with Gasteiger partial charge in [0.25, 0.3) is 0 Å². The Hall–Kier alpha value is -1.10. The highest BCUT2D eigenvalue weighted by Crippen LogP contribution is 2.32. The number of amides is 1. The van der Waals surface area contributed by atoms with Gasteiger partial charge in [-0.2, -0.15) is 0 Å². The molecule has 5 heteroatoms. The van der Waals surface area contributed by atoms with Crippen molar-refractivity contribution in [1.82, 2.24) is 4.90 Å². The van der Waals surface area contributed by atoms with Crippen LogP contribution in [0.15, 0.2) is 0 Å². The molecule has 0 bridgehead atoms. The number of hydrogen-bond donors (Lipinski definition) is 0. The van der Waals surface area contributed by atoms with Crippen LogP contribution in [0.5, 0.6) is 0 Å². The van der Waals surface area contributed by atoms with Crippen molar-refractivity contribution in [3.63, 3.8) is 0 Å². The summed E-state index contributed by atoms with van der Waals surface area (Å²) in [6.45, 7) is 1.65. The van der Waals surface area contributed by atoms with Crippen LogP contribution in [0, 0.1) is 11.8 Å². The molecule has 2 saturated carbocycles. The predicted molar refractivity (Wildman–Crippen MR) is 90.4 cm³/mol. The summed E-state index contributed by atoms with van der Waals surface area (Å²) in [6.07, 6.45) is 11.0. The van der Waals surface area contributed by atoms with Gasteiger partial charge in [-0.3, -0.25) is 9.59 Å². The molecule has 5 nitrogen and oxygen atoms in total. The summed E-state index contributed by atoms with van der Waals surface area (Å²) in [5.74, 6) is 0.256. The summed E-state index contributed by atoms with van der Waals surface area (Å²) in [5, 5.41) is 0. The van der Waals surface area contributed by atoms with Gasteiger partial charge >= 0.3 is 5.97 Å². The molecule has 0 radical (unpaired) electrons. The monoisotopic (exact) mass is 337 g/mol. The van der Waals surface area contributed by atoms with Crippen molar-refractivity contribution in [3.8, 4) is 0 Å². The first-order valence-corrected chi connectivity index (χ1v) is 9.69. The van der Waals surface area contributed by atoms with Crippen molar-refractivity contribution in [2.45, 2.75) is 76.4 Å². The van der Waals surface area contributed by atoms with Crippen LogP contribution >= 0.6 is 0 Å². The zero-order chi connectivity index (χ0) is 16.9. The number of carbonyl (C=O) groups is 2. The van der Waals surface area contributed by atoms with Crippen molar-refractivity contribution in [3.05, 3.63) is 0 Å². The molecule has 0 unspecified atom stereocenters. The number of rotatable bonds is 4. The molecule has 0 aromatic carbocycles. The molecule has 2 aliphatic carbocycles. The lowest BCUT2D eigenvalue weighted by Gasteiger charge is -2.36. The Labute approximate surface area is 145 Å². The average molecular weight is 337 g/mol. The lowest BCUT2D eigenvalue weighted by atomic mass is 9.81. The first-order valence-electron chi connectivity index (χ1n) is 9.69. The molecule has 24 heavy (non-hydrogen) atoms. The van der Waals surface area contributed by atoms with Gasteiger partial charge in [0.1, 0.15) is 0 Å². The van der Waals surface area contributed by atoms with Crippen LogP contribution in [-0.4, -0.2) is 49.2 Å². The Kier molecular flexibility index (Phi) is 6.14. The zero-order valence-corrected chi connectivity index (χ0v) is 14.9. The van der Waals surface area contributed by atoms with E-state index in [4.69, 9.17) is 9.47 Å². The lowest BCUT2D eigenvalue weighted by molar-refractivity contribution is -0.149. The summed E-state index contributed by atoms with van der Waals surface area (Å²) in [4.78, 5) is 26.3. The van der Waals surface area contributed by atoms with Gasteiger partial charge in [-0.05, 0) is 51.4 Å². The fourth-order valence-corrected chi connectivity index (χ4v) is 4.51. The molecule has 1 heterocycles. The second-order valence-corrected chi connectivity index (χ2v) is 7.64. The average Bonchev–Trinajstić information content (AvgIpc) is 3.14. The first kappa shape index (κ1) is 17.7. The third-order valence-corrected chi connectivity index (χ3v) is 6.05. The summed E-state index contributed by atoms with van der Waals surface area (Å²) in [5.41, 5.74) is 0. The van der Waals surface area contributed by atoms with Gasteiger partial charge in [0.15, 0.2) is 0 Å². The molecule has 3 rings (SSSR count). The van der Waals surface area contributed by atoms with E-state index in [1.165, 1.54) is 32.8 Å². The van der Waals surface area contributed by atoms with Crippen molar-refractivity contribution in [1.29, 1.82) is 0 Å². The SMILES string of the molecule is COC(=O)C1CCC(C(=O)N2CCC(OC3CCCC3)CC2)CC1. The predicted octanol–water partition coefficient (Wildman–Crippen LogP) is 2.92. The molecule has 3 aliphatic rings. The topological polar surface area (TPSA) is 55.8 Å². The Morgan fingerprint density at radius 2 is 1.33 bits per heavy atom. The van der Waals surface area contributed by atoms with Crippen LogP contribution in [-0.2, 0) is 19.1 Å². The molecule has 1 amide bonds. The van der Waals surface area contributed by atoms with Crippen molar-refractivity contribution >= 4 is 11.9 Å². The van der Waals surface area contributed by atoms with Crippen LogP contribution in [0.3, 0.4) is 0 Å². The number of carbonyl (C=O) groups excluding carboxylic acids is 2. The molecule has 0 aromatic rings. The number of nitrogens with zero attached hydrogens (tertiary/aromatic N) is 1. The van der Waals surface area contributed by atoms with Gasteiger partial charge < -0.3 is 14.4 Å². The summed E-state index contributed by atoms with van der Waals surface area (Å²) < 4.78 is 11.0. The van der Waals surface area contributed by atoms with E-state index in [1.54, 1.807) is 0 Å². The van der Waals surface area contributed by atoms with Crippen molar-refractivity contribution in [2.24, 2.45) is 11.8 Å². The number of hydrogen-bond acceptors (Lipinski definition) is 4. The van der Waals surface area contributed by atoms with Crippen molar-refractivity contribution in [2.75, 3.05) is 20.2 Å². The summed E-state index contributed by atoms with van der Waals surface area (Å²) >= 11 is 0. The van der Waals surface area contributed by atoms with Crippen LogP contribution in [0.4, 0.5) is 0 Å². The fourth-order valence-electron chi connectivity index (χ4n) is 4.51. The van der Waals surface area contributed by atoms with Crippen LogP contribution in [0.25, 0.3) is 0 Å². The lowest BCUT2D eigenvalue weighted by Crippen LogP contribution is -2.45. The van der Waals surface area contributed by atoms with E-state index in [0.29, 0.717) is 12.2 Å². The normalized spacial score (nSPS) is 29.6. The van der Waals surface area contributed by atoms with E-state index >= 15 is 0 Å². The van der Waals surface area contributed by atoms with Gasteiger partial charge in [0.05, 0.1) is 25.2 Å². The number of likely N-dealkylation sites (tertiary alicyclic amines) is 1. The van der Waals surface area contributed by atoms with E-state index in [-0.39, 0.29) is 23.7 Å². The minimum Gasteiger partial charge on any atom is -0.469 e. The standard InChI is InChI=1S/C19H31NO4/c1-23-19(22)15-8-6-14(7-9-15)18(21)20-12-10-17(11-13-20)24-16-4-2-3-5-16/h14-17H,2-13H2,1H3. The highest BCUT2D eigenvalue weighted by Gasteiger charge is 2.34. The molecule has 1 aliphatic heterocycles. The minimum absolute atomic E-state index is 0.00963. The number of esters is 1. The largest absolute Gasteiger partial charge is 0.469 e. The Balaban J connectivity index is 1.40. The van der Waals surface area contributed by atoms with Gasteiger partial charge in [0, 0.05) is 19.0 Å². The molecule has 136 valence electrons. The third-order valence-electron chi connectivity index (χ3n) is 6.05. The number of methoxy groups -OCH3 is 1. The quantitative estimate of drug-likeness (QED) is 0.740. The summed E-state index contributed by atoms with van der Waals surface area (Å²) in [7, 11) is 1.44. The molecule has 0 atom stereocenters. The van der Waals surface area contributed by atoms with Gasteiger partial charge in [-0.15, -0.1) is 0 Å². The van der Waals surface area contributed by atoms with Gasteiger partial charge in [-0.25, -0.2) is 0 Å². The van der Waals surface area contributed by atoms with Gasteiger partial charge in [0.2, 0.25) is 5.91 Å². The van der Waals surface area contributed by atoms with E-state index in [1.807, 2.05) is 4.90 Å². The highest BCUT2D eigenvalue weighted by atomic mass is 16.5. The smallest absolute Gasteiger partial charge is 0.308 e. The van der Waals surface area contributed by atoms with E-state index in [9.17, 15) is 9.59 Å². The molecule has 0 aromatic heterocycles. The van der Waals surface area contributed by atoms with Gasteiger partial charge in [-0.1, -0.05) is 12.8 Å². The third kappa shape index (κ3) is 4.29. The van der Waals surface area contributed by atoms with Crippen LogP contribution in [0.2, 0.25) is 0 Å². The number of ether oxygens (including phenoxy) is 2. The minimum atomic E-state index is -0.120. The number of piperidine rings is 1. The second-order valence-electron chi connectivity index (χ2n) is 7.64. The zero-order valence-electron chi connectivity index (χ0n) is 14.9. The van der Waals surface area contributed by atoms with E-state index < -0.39 is 0 Å². The molecule has 1 saturated heterocycles. The molecule has 0 N–H and O–H groups in total. The Morgan fingerprint density at radius 3 is 1.92 bits per heavy atom. The van der Waals surface area contributed by atoms with Crippen LogP contribution < -0.4 is 0 Å². The van der Waals surface area contributed by atoms with E-state index in [0.717, 1.165) is 51.6 Å². The Morgan fingerprint density at radius 1 is 0.792 bits per heavy atom. The maximum atomic E-state index is 12.7. The fraction of sp³-hybridized carbons (Fsp3) is 0.895. The first-order chi connectivity index (χ1) is 11.7. The summed E-state index contributed by atoms with van der Waals surface area (Å²) in [6, 6.07) is 0. The molecular formula is C19H31NO4. The van der Waals surface area contributed by atoms with Crippen molar-refractivity contribution < 1.29 is 19.1 Å². The highest BCUT2D eigenvalue weighted by molar-refractivity contribution is 5.79. The maximum absolute atomic E-state index is 12.7. The molecular weight excluding hydrogens is 306 g/mol. The maximum Gasteiger partial charge on any atom is 0.308 e. The van der Waals surface area contributed by atoms with E-state index in [2.05, 4.69) is 0 Å². The Bertz CT molecular complexity index is 431. The van der Waals surface area contributed by atoms with Crippen LogP contribution in [0.1, 0.15) is 64.2 Å². The molecule has 3 fully saturated rings. The molecule has 0 spiro atoms. The second kappa shape index (κ2) is 8.32.